The van der Waals surface area contributed by atoms with Gasteiger partial charge >= 0.3 is 0 Å². The van der Waals surface area contributed by atoms with E-state index in [4.69, 9.17) is 0 Å². The van der Waals surface area contributed by atoms with E-state index in [1.54, 1.807) is 23.5 Å². The maximum absolute atomic E-state index is 13.1. The number of benzene rings is 1. The fourth-order valence-corrected chi connectivity index (χ4v) is 6.06. The Balaban J connectivity index is 1.15. The molecule has 1 aromatic carbocycles. The molecule has 0 aliphatic carbocycles. The van der Waals surface area contributed by atoms with Crippen LogP contribution in [0.3, 0.4) is 0 Å². The molecule has 0 bridgehead atoms. The predicted molar refractivity (Wildman–Crippen MR) is 147 cm³/mol. The second kappa shape index (κ2) is 10.2. The van der Waals surface area contributed by atoms with Gasteiger partial charge in [0.05, 0.1) is 47.5 Å². The summed E-state index contributed by atoms with van der Waals surface area (Å²) in [5.41, 5.74) is 3.21. The molecule has 41 heavy (non-hydrogen) atoms. The largest absolute Gasteiger partial charge is 0.346 e. The highest BCUT2D eigenvalue weighted by Gasteiger charge is 2.48. The van der Waals surface area contributed by atoms with Crippen molar-refractivity contribution in [2.24, 2.45) is 0 Å². The number of rotatable bonds is 5. The number of nitrogens with zero attached hydrogens (tertiary/aromatic N) is 9. The van der Waals surface area contributed by atoms with E-state index in [0.717, 1.165) is 29.4 Å². The molecular weight excluding hydrogens is 516 g/mol. The molecule has 2 fully saturated rings. The van der Waals surface area contributed by atoms with Crippen molar-refractivity contribution in [3.05, 3.63) is 71.3 Å². The van der Waals surface area contributed by atoms with E-state index >= 15 is 0 Å². The number of pyridine rings is 1. The number of H-pyrrole nitrogens is 1. The van der Waals surface area contributed by atoms with Crippen molar-refractivity contribution in [3.8, 4) is 35.4 Å². The molecule has 1 N–H and O–H groups in total. The van der Waals surface area contributed by atoms with Crippen LogP contribution in [0.1, 0.15) is 46.3 Å². The van der Waals surface area contributed by atoms with Crippen molar-refractivity contribution >= 4 is 16.9 Å². The highest BCUT2D eigenvalue weighted by atomic mass is 16.2. The number of nitrogens with one attached hydrogen (secondary N) is 1. The zero-order chi connectivity index (χ0) is 28.6. The van der Waals surface area contributed by atoms with E-state index < -0.39 is 5.54 Å². The lowest BCUT2D eigenvalue weighted by molar-refractivity contribution is -0.0412. The van der Waals surface area contributed by atoms with Crippen LogP contribution in [0.25, 0.3) is 22.2 Å². The number of hydrogen-bond donors (Lipinski definition) is 1. The van der Waals surface area contributed by atoms with Crippen LogP contribution < -0.4 is 0 Å². The molecule has 6 rings (SSSR count). The second-order valence-corrected chi connectivity index (χ2v) is 10.6. The lowest BCUT2D eigenvalue weighted by Gasteiger charge is -2.53. The van der Waals surface area contributed by atoms with Gasteiger partial charge < -0.3 is 9.88 Å². The first kappa shape index (κ1) is 25.8. The summed E-state index contributed by atoms with van der Waals surface area (Å²) in [5.74, 6) is -0.173. The summed E-state index contributed by atoms with van der Waals surface area (Å²) in [6, 6.07) is 15.3. The number of piperidine rings is 1. The van der Waals surface area contributed by atoms with Crippen molar-refractivity contribution < 1.29 is 4.79 Å². The quantitative estimate of drug-likeness (QED) is 0.403. The first-order chi connectivity index (χ1) is 20.0. The Labute approximate surface area is 236 Å². The summed E-state index contributed by atoms with van der Waals surface area (Å²) in [5, 5.41) is 43.4. The van der Waals surface area contributed by atoms with Crippen molar-refractivity contribution in [2.45, 2.75) is 30.8 Å². The van der Waals surface area contributed by atoms with Gasteiger partial charge in [0, 0.05) is 72.9 Å². The number of carbonyl (C=O) groups excluding carboxylic acids is 1. The van der Waals surface area contributed by atoms with E-state index in [1.165, 1.54) is 18.2 Å². The van der Waals surface area contributed by atoms with Gasteiger partial charge in [0.1, 0.15) is 17.3 Å². The Bertz CT molecular complexity index is 1790. The average molecular weight is 541 g/mol. The van der Waals surface area contributed by atoms with Gasteiger partial charge in [-0.05, 0) is 37.1 Å². The molecule has 2 saturated heterocycles. The highest BCUT2D eigenvalue weighted by Crippen LogP contribution is 2.38. The Kier molecular flexibility index (Phi) is 6.44. The van der Waals surface area contributed by atoms with Crippen molar-refractivity contribution in [1.29, 1.82) is 21.0 Å². The maximum atomic E-state index is 13.1. The number of amides is 1. The van der Waals surface area contributed by atoms with E-state index in [-0.39, 0.29) is 11.9 Å². The van der Waals surface area contributed by atoms with E-state index in [2.05, 4.69) is 32.1 Å². The normalized spacial score (nSPS) is 16.7. The van der Waals surface area contributed by atoms with Gasteiger partial charge in [0.25, 0.3) is 5.91 Å². The molecule has 0 atom stereocenters. The zero-order valence-corrected chi connectivity index (χ0v) is 22.1. The monoisotopic (exact) mass is 540 g/mol. The molecule has 11 nitrogen and oxygen atoms in total. The molecule has 1 amide bonds. The van der Waals surface area contributed by atoms with Crippen LogP contribution in [-0.2, 0) is 5.54 Å². The maximum Gasteiger partial charge on any atom is 0.253 e. The molecular formula is C30H24N10O. The first-order valence-electron chi connectivity index (χ1n) is 13.3. The Morgan fingerprint density at radius 1 is 1.02 bits per heavy atom. The van der Waals surface area contributed by atoms with Crippen molar-refractivity contribution in [1.82, 2.24) is 29.5 Å². The number of likely N-dealkylation sites (tertiary alicyclic amines) is 2. The SMILES string of the molecule is N#CCC1(n2cc(-c3c(C#N)cnc4[nH]ccc34)cn2)CN(C2CCN(C(=O)c3cc(C#N)cc(C#N)c3)CC2)C1. The molecule has 0 saturated carbocycles. The number of nitriles is 4. The summed E-state index contributed by atoms with van der Waals surface area (Å²) in [4.78, 5) is 24.6. The lowest BCUT2D eigenvalue weighted by atomic mass is 9.83. The van der Waals surface area contributed by atoms with Crippen LogP contribution >= 0.6 is 0 Å². The smallest absolute Gasteiger partial charge is 0.253 e. The van der Waals surface area contributed by atoms with Crippen LogP contribution in [0.2, 0.25) is 0 Å². The van der Waals surface area contributed by atoms with Crippen LogP contribution in [0.4, 0.5) is 0 Å². The molecule has 200 valence electrons. The van der Waals surface area contributed by atoms with Gasteiger partial charge in [-0.25, -0.2) is 4.98 Å². The van der Waals surface area contributed by atoms with Gasteiger partial charge in [0.15, 0.2) is 0 Å². The Morgan fingerprint density at radius 3 is 2.41 bits per heavy atom. The number of aromatic nitrogens is 4. The van der Waals surface area contributed by atoms with Gasteiger partial charge in [-0.3, -0.25) is 14.4 Å². The molecule has 2 aliphatic rings. The molecule has 3 aromatic heterocycles. The van der Waals surface area contributed by atoms with E-state index in [0.29, 0.717) is 60.5 Å². The third-order valence-electron chi connectivity index (χ3n) is 8.17. The summed E-state index contributed by atoms with van der Waals surface area (Å²) < 4.78 is 1.87. The van der Waals surface area contributed by atoms with Crippen molar-refractivity contribution in [2.75, 3.05) is 26.2 Å². The minimum Gasteiger partial charge on any atom is -0.346 e. The summed E-state index contributed by atoms with van der Waals surface area (Å²) in [7, 11) is 0. The number of fused-ring (bicyclic) bond motifs is 1. The fraction of sp³-hybridized carbons (Fsp3) is 0.300. The molecule has 2 aliphatic heterocycles. The molecule has 0 spiro atoms. The fourth-order valence-electron chi connectivity index (χ4n) is 6.06. The first-order valence-corrected chi connectivity index (χ1v) is 13.3. The highest BCUT2D eigenvalue weighted by molar-refractivity contribution is 5.96. The van der Waals surface area contributed by atoms with Gasteiger partial charge in [0.2, 0.25) is 0 Å². The zero-order valence-electron chi connectivity index (χ0n) is 22.1. The van der Waals surface area contributed by atoms with Crippen LogP contribution in [-0.4, -0.2) is 67.7 Å². The molecule has 0 radical (unpaired) electrons. The third-order valence-corrected chi connectivity index (χ3v) is 8.17. The number of aromatic amines is 1. The molecule has 4 aromatic rings. The van der Waals surface area contributed by atoms with Gasteiger partial charge in [-0.2, -0.15) is 26.1 Å². The van der Waals surface area contributed by atoms with Crippen LogP contribution in [0.15, 0.2) is 49.1 Å². The van der Waals surface area contributed by atoms with Gasteiger partial charge in [-0.1, -0.05) is 0 Å². The summed E-state index contributed by atoms with van der Waals surface area (Å²) in [6.45, 7) is 2.47. The Hall–Kier alpha value is -5.49. The summed E-state index contributed by atoms with van der Waals surface area (Å²) in [6.07, 6.45) is 8.89. The van der Waals surface area contributed by atoms with Gasteiger partial charge in [-0.15, -0.1) is 0 Å². The van der Waals surface area contributed by atoms with Crippen molar-refractivity contribution in [3.63, 3.8) is 0 Å². The third kappa shape index (κ3) is 4.45. The van der Waals surface area contributed by atoms with E-state index in [9.17, 15) is 25.8 Å². The topological polar surface area (TPSA) is 165 Å². The second-order valence-electron chi connectivity index (χ2n) is 10.6. The van der Waals surface area contributed by atoms with Crippen LogP contribution in [0.5, 0.6) is 0 Å². The van der Waals surface area contributed by atoms with E-state index in [1.807, 2.05) is 29.1 Å². The summed E-state index contributed by atoms with van der Waals surface area (Å²) >= 11 is 0. The molecule has 5 heterocycles. The standard InChI is InChI=1S/C30H24N10O/c31-5-4-30(40-17-24(16-37-40)27-23(14-34)15-36-28-26(27)1-6-35-28)18-39(19-30)25-2-7-38(8-3-25)29(41)22-10-20(12-32)9-21(11-22)13-33/h1,6,9-11,15-17,25H,2-4,7-8,18-19H2,(H,35,36). The predicted octanol–water partition coefficient (Wildman–Crippen LogP) is 3.27. The van der Waals surface area contributed by atoms with Crippen LogP contribution in [0, 0.1) is 45.3 Å². The molecule has 0 unspecified atom stereocenters. The average Bonchev–Trinajstić information content (AvgIpc) is 3.68. The molecule has 11 heteroatoms. The lowest BCUT2D eigenvalue weighted by Crippen LogP contribution is -2.66. The minimum absolute atomic E-state index is 0.173. The number of hydrogen-bond acceptors (Lipinski definition) is 8. The Morgan fingerprint density at radius 2 is 1.76 bits per heavy atom. The minimum atomic E-state index is -0.470. The number of carbonyl (C=O) groups is 1.